The molecular weight excluding hydrogens is 289 g/mol. The highest BCUT2D eigenvalue weighted by Gasteiger charge is 2.39. The van der Waals surface area contributed by atoms with E-state index in [1.165, 1.54) is 13.2 Å². The molecule has 6 nitrogen and oxygen atoms in total. The number of halogens is 1. The van der Waals surface area contributed by atoms with Crippen LogP contribution in [0.5, 0.6) is 5.75 Å². The SMILES string of the molecule is COc1ccc(S(=O)(=O)NC(C(=O)O)C2CC2)cc1F. The first-order valence-electron chi connectivity index (χ1n) is 5.94. The number of nitrogens with one attached hydrogen (secondary N) is 1. The summed E-state index contributed by atoms with van der Waals surface area (Å²) < 4.78 is 44.4. The number of hydrogen-bond acceptors (Lipinski definition) is 4. The third-order valence-electron chi connectivity index (χ3n) is 3.08. The van der Waals surface area contributed by atoms with Crippen LogP contribution in [-0.4, -0.2) is 32.6 Å². The van der Waals surface area contributed by atoms with Gasteiger partial charge in [0.05, 0.1) is 12.0 Å². The lowest BCUT2D eigenvalue weighted by Crippen LogP contribution is -2.42. The van der Waals surface area contributed by atoms with Crippen molar-refractivity contribution >= 4 is 16.0 Å². The van der Waals surface area contributed by atoms with Crippen LogP contribution in [0.3, 0.4) is 0 Å². The predicted octanol–water partition coefficient (Wildman–Crippen LogP) is 0.976. The number of sulfonamides is 1. The summed E-state index contributed by atoms with van der Waals surface area (Å²) in [5.41, 5.74) is 0. The van der Waals surface area contributed by atoms with E-state index in [0.717, 1.165) is 12.1 Å². The zero-order valence-corrected chi connectivity index (χ0v) is 11.5. The van der Waals surface area contributed by atoms with Crippen molar-refractivity contribution < 1.29 is 27.4 Å². The minimum atomic E-state index is -4.08. The first-order valence-corrected chi connectivity index (χ1v) is 7.42. The van der Waals surface area contributed by atoms with E-state index in [9.17, 15) is 17.6 Å². The summed E-state index contributed by atoms with van der Waals surface area (Å²) in [7, 11) is -2.82. The molecule has 8 heteroatoms. The van der Waals surface area contributed by atoms with Gasteiger partial charge in [-0.05, 0) is 37.0 Å². The summed E-state index contributed by atoms with van der Waals surface area (Å²) >= 11 is 0. The van der Waals surface area contributed by atoms with Crippen LogP contribution >= 0.6 is 0 Å². The minimum absolute atomic E-state index is 0.0825. The van der Waals surface area contributed by atoms with E-state index in [1.54, 1.807) is 0 Å². The topological polar surface area (TPSA) is 92.7 Å². The molecule has 0 spiro atoms. The van der Waals surface area contributed by atoms with Crippen molar-refractivity contribution in [3.8, 4) is 5.75 Å². The van der Waals surface area contributed by atoms with Gasteiger partial charge in [-0.1, -0.05) is 0 Å². The number of aliphatic carboxylic acids is 1. The van der Waals surface area contributed by atoms with Gasteiger partial charge >= 0.3 is 5.97 Å². The number of carboxylic acids is 1. The molecule has 0 bridgehead atoms. The van der Waals surface area contributed by atoms with Crippen LogP contribution in [0.2, 0.25) is 0 Å². The molecule has 1 unspecified atom stereocenters. The van der Waals surface area contributed by atoms with Gasteiger partial charge in [-0.15, -0.1) is 0 Å². The van der Waals surface area contributed by atoms with Crippen molar-refractivity contribution in [2.24, 2.45) is 5.92 Å². The molecule has 1 atom stereocenters. The van der Waals surface area contributed by atoms with E-state index in [4.69, 9.17) is 9.84 Å². The molecule has 20 heavy (non-hydrogen) atoms. The second-order valence-corrected chi connectivity index (χ2v) is 6.28. The molecule has 1 aliphatic carbocycles. The van der Waals surface area contributed by atoms with Crippen molar-refractivity contribution in [3.63, 3.8) is 0 Å². The lowest BCUT2D eigenvalue weighted by Gasteiger charge is -2.14. The third kappa shape index (κ3) is 3.07. The Labute approximate surface area is 115 Å². The largest absolute Gasteiger partial charge is 0.494 e. The maximum Gasteiger partial charge on any atom is 0.322 e. The first kappa shape index (κ1) is 14.7. The Morgan fingerprint density at radius 1 is 1.50 bits per heavy atom. The molecule has 1 saturated carbocycles. The average Bonchev–Trinajstić information content (AvgIpc) is 3.19. The highest BCUT2D eigenvalue weighted by Crippen LogP contribution is 2.33. The van der Waals surface area contributed by atoms with Gasteiger partial charge in [0.15, 0.2) is 11.6 Å². The van der Waals surface area contributed by atoms with E-state index in [0.29, 0.717) is 12.8 Å². The Balaban J connectivity index is 2.25. The fourth-order valence-electron chi connectivity index (χ4n) is 1.83. The Kier molecular flexibility index (Phi) is 3.96. The lowest BCUT2D eigenvalue weighted by molar-refractivity contribution is -0.139. The number of ether oxygens (including phenoxy) is 1. The van der Waals surface area contributed by atoms with Gasteiger partial charge in [0, 0.05) is 0 Å². The fourth-order valence-corrected chi connectivity index (χ4v) is 3.10. The van der Waals surface area contributed by atoms with E-state index < -0.39 is 27.9 Å². The standard InChI is InChI=1S/C12H14FNO5S/c1-19-10-5-4-8(6-9(10)13)20(17,18)14-11(12(15)16)7-2-3-7/h4-7,11,14H,2-3H2,1H3,(H,15,16). The first-order chi connectivity index (χ1) is 9.35. The van der Waals surface area contributed by atoms with Gasteiger partial charge in [-0.2, -0.15) is 4.72 Å². The highest BCUT2D eigenvalue weighted by atomic mass is 32.2. The van der Waals surface area contributed by atoms with Crippen LogP contribution in [0.4, 0.5) is 4.39 Å². The summed E-state index contributed by atoms with van der Waals surface area (Å²) in [6, 6.07) is 1.96. The second-order valence-electron chi connectivity index (χ2n) is 4.57. The third-order valence-corrected chi connectivity index (χ3v) is 4.51. The summed E-state index contributed by atoms with van der Waals surface area (Å²) in [4.78, 5) is 10.7. The molecule has 0 amide bonds. The molecule has 110 valence electrons. The summed E-state index contributed by atoms with van der Waals surface area (Å²) in [5.74, 6) is -2.34. The molecular formula is C12H14FNO5S. The minimum Gasteiger partial charge on any atom is -0.494 e. The Morgan fingerprint density at radius 2 is 2.15 bits per heavy atom. The van der Waals surface area contributed by atoms with Crippen molar-refractivity contribution in [1.82, 2.24) is 4.72 Å². The van der Waals surface area contributed by atoms with Gasteiger partial charge in [-0.3, -0.25) is 4.79 Å². The van der Waals surface area contributed by atoms with Crippen molar-refractivity contribution in [2.45, 2.75) is 23.8 Å². The van der Waals surface area contributed by atoms with Gasteiger partial charge in [0.1, 0.15) is 6.04 Å². The number of hydrogen-bond donors (Lipinski definition) is 2. The fraction of sp³-hybridized carbons (Fsp3) is 0.417. The highest BCUT2D eigenvalue weighted by molar-refractivity contribution is 7.89. The lowest BCUT2D eigenvalue weighted by atomic mass is 10.2. The smallest absolute Gasteiger partial charge is 0.322 e. The van der Waals surface area contributed by atoms with Crippen LogP contribution in [0, 0.1) is 11.7 Å². The monoisotopic (exact) mass is 303 g/mol. The van der Waals surface area contributed by atoms with Crippen molar-refractivity contribution in [3.05, 3.63) is 24.0 Å². The zero-order valence-electron chi connectivity index (χ0n) is 10.7. The van der Waals surface area contributed by atoms with Crippen molar-refractivity contribution in [2.75, 3.05) is 7.11 Å². The summed E-state index contributed by atoms with van der Waals surface area (Å²) in [5, 5.41) is 9.01. The average molecular weight is 303 g/mol. The van der Waals surface area contributed by atoms with E-state index in [2.05, 4.69) is 4.72 Å². The van der Waals surface area contributed by atoms with E-state index in [-0.39, 0.29) is 16.6 Å². The Morgan fingerprint density at radius 3 is 2.60 bits per heavy atom. The number of methoxy groups -OCH3 is 1. The quantitative estimate of drug-likeness (QED) is 0.817. The van der Waals surface area contributed by atoms with Crippen LogP contribution in [0.1, 0.15) is 12.8 Å². The number of carboxylic acid groups (broad SMARTS) is 1. The predicted molar refractivity (Wildman–Crippen MR) is 67.4 cm³/mol. The van der Waals surface area contributed by atoms with E-state index >= 15 is 0 Å². The molecule has 2 rings (SSSR count). The van der Waals surface area contributed by atoms with E-state index in [1.807, 2.05) is 0 Å². The maximum absolute atomic E-state index is 13.5. The van der Waals surface area contributed by atoms with Crippen LogP contribution in [0.25, 0.3) is 0 Å². The molecule has 1 fully saturated rings. The molecule has 1 aromatic rings. The van der Waals surface area contributed by atoms with Gasteiger partial charge in [-0.25, -0.2) is 12.8 Å². The Hall–Kier alpha value is -1.67. The zero-order chi connectivity index (χ0) is 14.9. The van der Waals surface area contributed by atoms with Gasteiger partial charge in [0.2, 0.25) is 10.0 Å². The molecule has 2 N–H and O–H groups in total. The van der Waals surface area contributed by atoms with Crippen LogP contribution in [-0.2, 0) is 14.8 Å². The second kappa shape index (κ2) is 5.37. The Bertz CT molecular complexity index is 627. The van der Waals surface area contributed by atoms with Gasteiger partial charge in [0.25, 0.3) is 0 Å². The molecule has 0 radical (unpaired) electrons. The maximum atomic E-state index is 13.5. The van der Waals surface area contributed by atoms with Crippen molar-refractivity contribution in [1.29, 1.82) is 0 Å². The molecule has 1 aromatic carbocycles. The van der Waals surface area contributed by atoms with Crippen LogP contribution < -0.4 is 9.46 Å². The number of rotatable bonds is 6. The normalized spacial score (nSPS) is 16.7. The number of benzene rings is 1. The van der Waals surface area contributed by atoms with Crippen LogP contribution in [0.15, 0.2) is 23.1 Å². The molecule has 0 heterocycles. The van der Waals surface area contributed by atoms with Gasteiger partial charge < -0.3 is 9.84 Å². The number of carbonyl (C=O) groups is 1. The molecule has 0 saturated heterocycles. The summed E-state index contributed by atoms with van der Waals surface area (Å²) in [6.07, 6.45) is 1.33. The molecule has 0 aliphatic heterocycles. The molecule has 0 aromatic heterocycles. The summed E-state index contributed by atoms with van der Waals surface area (Å²) in [6.45, 7) is 0. The molecule has 1 aliphatic rings.